The quantitative estimate of drug-likeness (QED) is 0.651. The van der Waals surface area contributed by atoms with Gasteiger partial charge in [0, 0.05) is 11.3 Å². The van der Waals surface area contributed by atoms with Gasteiger partial charge in [-0.15, -0.1) is 0 Å². The molecule has 160 valence electrons. The SMILES string of the molecule is Cc1cc(C)cc(OCC(=O)NNC(=O)c2cccc(NC(=O)OC(C)(C)C)c2)c1. The van der Waals surface area contributed by atoms with Gasteiger partial charge < -0.3 is 9.47 Å². The summed E-state index contributed by atoms with van der Waals surface area (Å²) in [6.45, 7) is 8.89. The topological polar surface area (TPSA) is 106 Å². The first-order valence-electron chi connectivity index (χ1n) is 9.42. The van der Waals surface area contributed by atoms with E-state index in [0.29, 0.717) is 11.4 Å². The van der Waals surface area contributed by atoms with Crippen molar-refractivity contribution in [1.29, 1.82) is 0 Å². The van der Waals surface area contributed by atoms with Gasteiger partial charge in [0.2, 0.25) is 0 Å². The summed E-state index contributed by atoms with van der Waals surface area (Å²) in [6.07, 6.45) is -0.628. The van der Waals surface area contributed by atoms with Crippen molar-refractivity contribution < 1.29 is 23.9 Å². The molecule has 8 nitrogen and oxygen atoms in total. The van der Waals surface area contributed by atoms with Gasteiger partial charge in [-0.1, -0.05) is 12.1 Å². The summed E-state index contributed by atoms with van der Waals surface area (Å²) in [5, 5.41) is 2.56. The van der Waals surface area contributed by atoms with Gasteiger partial charge in [0.15, 0.2) is 6.61 Å². The maximum Gasteiger partial charge on any atom is 0.412 e. The Morgan fingerprint density at radius 3 is 2.23 bits per heavy atom. The highest BCUT2D eigenvalue weighted by Gasteiger charge is 2.16. The van der Waals surface area contributed by atoms with E-state index in [1.807, 2.05) is 32.0 Å². The second-order valence-corrected chi connectivity index (χ2v) is 7.82. The van der Waals surface area contributed by atoms with Crippen molar-refractivity contribution in [2.45, 2.75) is 40.2 Å². The highest BCUT2D eigenvalue weighted by molar-refractivity contribution is 5.97. The fraction of sp³-hybridized carbons (Fsp3) is 0.318. The molecule has 0 unspecified atom stereocenters. The highest BCUT2D eigenvalue weighted by atomic mass is 16.6. The number of ether oxygens (including phenoxy) is 2. The van der Waals surface area contributed by atoms with Crippen molar-refractivity contribution in [2.75, 3.05) is 11.9 Å². The largest absolute Gasteiger partial charge is 0.484 e. The van der Waals surface area contributed by atoms with E-state index in [2.05, 4.69) is 16.2 Å². The van der Waals surface area contributed by atoms with Gasteiger partial charge in [-0.2, -0.15) is 0 Å². The lowest BCUT2D eigenvalue weighted by molar-refractivity contribution is -0.123. The van der Waals surface area contributed by atoms with Crippen LogP contribution < -0.4 is 20.9 Å². The molecular formula is C22H27N3O5. The van der Waals surface area contributed by atoms with Crippen LogP contribution in [0.2, 0.25) is 0 Å². The van der Waals surface area contributed by atoms with E-state index in [-0.39, 0.29) is 12.2 Å². The molecule has 0 aliphatic heterocycles. The van der Waals surface area contributed by atoms with Crippen molar-refractivity contribution >= 4 is 23.6 Å². The fourth-order valence-electron chi connectivity index (χ4n) is 2.56. The summed E-state index contributed by atoms with van der Waals surface area (Å²) >= 11 is 0. The molecular weight excluding hydrogens is 386 g/mol. The van der Waals surface area contributed by atoms with E-state index in [1.165, 1.54) is 6.07 Å². The van der Waals surface area contributed by atoms with E-state index in [0.717, 1.165) is 11.1 Å². The number of aryl methyl sites for hydroxylation is 2. The minimum atomic E-state index is -0.636. The van der Waals surface area contributed by atoms with E-state index in [1.54, 1.807) is 39.0 Å². The zero-order chi connectivity index (χ0) is 22.3. The summed E-state index contributed by atoms with van der Waals surface area (Å²) in [5.74, 6) is -0.469. The summed E-state index contributed by atoms with van der Waals surface area (Å²) in [4.78, 5) is 36.1. The minimum Gasteiger partial charge on any atom is -0.484 e. The molecule has 3 amide bonds. The molecule has 0 aliphatic carbocycles. The first-order chi connectivity index (χ1) is 14.0. The van der Waals surface area contributed by atoms with Crippen LogP contribution in [-0.2, 0) is 9.53 Å². The van der Waals surface area contributed by atoms with E-state index in [9.17, 15) is 14.4 Å². The Kier molecular flexibility index (Phi) is 7.41. The number of rotatable bonds is 5. The maximum atomic E-state index is 12.3. The molecule has 2 aromatic rings. The van der Waals surface area contributed by atoms with E-state index < -0.39 is 23.5 Å². The van der Waals surface area contributed by atoms with Crippen LogP contribution in [0, 0.1) is 13.8 Å². The van der Waals surface area contributed by atoms with Gasteiger partial charge in [0.1, 0.15) is 11.4 Å². The molecule has 3 N–H and O–H groups in total. The minimum absolute atomic E-state index is 0.247. The Hall–Kier alpha value is -3.55. The zero-order valence-corrected chi connectivity index (χ0v) is 17.8. The first kappa shape index (κ1) is 22.7. The molecule has 0 saturated heterocycles. The van der Waals surface area contributed by atoms with Crippen LogP contribution >= 0.6 is 0 Å². The van der Waals surface area contributed by atoms with Gasteiger partial charge >= 0.3 is 6.09 Å². The third-order valence-corrected chi connectivity index (χ3v) is 3.65. The lowest BCUT2D eigenvalue weighted by Crippen LogP contribution is -2.43. The Balaban J connectivity index is 1.85. The summed E-state index contributed by atoms with van der Waals surface area (Å²) in [5.41, 5.74) is 6.67. The summed E-state index contributed by atoms with van der Waals surface area (Å²) in [6, 6.07) is 11.9. The maximum absolute atomic E-state index is 12.3. The Labute approximate surface area is 175 Å². The van der Waals surface area contributed by atoms with Crippen LogP contribution in [0.25, 0.3) is 0 Å². The molecule has 2 aromatic carbocycles. The molecule has 0 spiro atoms. The molecule has 0 aromatic heterocycles. The normalized spacial score (nSPS) is 10.7. The average molecular weight is 413 g/mol. The smallest absolute Gasteiger partial charge is 0.412 e. The number of benzene rings is 2. The number of hydrazine groups is 1. The third-order valence-electron chi connectivity index (χ3n) is 3.65. The Morgan fingerprint density at radius 1 is 0.933 bits per heavy atom. The van der Waals surface area contributed by atoms with Crippen molar-refractivity contribution in [1.82, 2.24) is 10.9 Å². The monoisotopic (exact) mass is 413 g/mol. The van der Waals surface area contributed by atoms with Gasteiger partial charge in [0.05, 0.1) is 0 Å². The predicted octanol–water partition coefficient (Wildman–Crippen LogP) is 3.49. The lowest BCUT2D eigenvalue weighted by atomic mass is 10.1. The summed E-state index contributed by atoms with van der Waals surface area (Å²) < 4.78 is 10.6. The van der Waals surface area contributed by atoms with Crippen molar-refractivity contribution in [2.24, 2.45) is 0 Å². The molecule has 30 heavy (non-hydrogen) atoms. The van der Waals surface area contributed by atoms with Crippen molar-refractivity contribution in [3.8, 4) is 5.75 Å². The van der Waals surface area contributed by atoms with Crippen LogP contribution in [0.15, 0.2) is 42.5 Å². The molecule has 0 heterocycles. The van der Waals surface area contributed by atoms with Crippen LogP contribution in [0.4, 0.5) is 10.5 Å². The molecule has 0 atom stereocenters. The van der Waals surface area contributed by atoms with Crippen LogP contribution in [0.1, 0.15) is 42.3 Å². The number of hydrogen-bond acceptors (Lipinski definition) is 5. The second-order valence-electron chi connectivity index (χ2n) is 7.82. The van der Waals surface area contributed by atoms with Gasteiger partial charge in [-0.05, 0) is 76.1 Å². The standard InChI is InChI=1S/C22H27N3O5/c1-14-9-15(2)11-18(10-14)29-13-19(26)24-25-20(27)16-7-6-8-17(12-16)23-21(28)30-22(3,4)5/h6-12H,13H2,1-5H3,(H,23,28)(H,24,26)(H,25,27). The van der Waals surface area contributed by atoms with E-state index in [4.69, 9.17) is 9.47 Å². The van der Waals surface area contributed by atoms with Crippen LogP contribution in [-0.4, -0.2) is 30.1 Å². The first-order valence-corrected chi connectivity index (χ1v) is 9.42. The Bertz CT molecular complexity index is 914. The number of nitrogens with one attached hydrogen (secondary N) is 3. The van der Waals surface area contributed by atoms with Crippen molar-refractivity contribution in [3.05, 3.63) is 59.2 Å². The van der Waals surface area contributed by atoms with Crippen molar-refractivity contribution in [3.63, 3.8) is 0 Å². The molecule has 0 saturated carbocycles. The molecule has 0 radical (unpaired) electrons. The molecule has 0 aliphatic rings. The molecule has 2 rings (SSSR count). The Morgan fingerprint density at radius 2 is 1.60 bits per heavy atom. The number of carbonyl (C=O) groups is 3. The highest BCUT2D eigenvalue weighted by Crippen LogP contribution is 2.16. The number of carbonyl (C=O) groups excluding carboxylic acids is 3. The lowest BCUT2D eigenvalue weighted by Gasteiger charge is -2.19. The predicted molar refractivity (Wildman–Crippen MR) is 113 cm³/mol. The molecule has 8 heteroatoms. The van der Waals surface area contributed by atoms with Crippen LogP contribution in [0.3, 0.4) is 0 Å². The van der Waals surface area contributed by atoms with Gasteiger partial charge in [0.25, 0.3) is 11.8 Å². The fourth-order valence-corrected chi connectivity index (χ4v) is 2.56. The zero-order valence-electron chi connectivity index (χ0n) is 17.8. The number of anilines is 1. The number of amides is 3. The molecule has 0 bridgehead atoms. The van der Waals surface area contributed by atoms with Crippen LogP contribution in [0.5, 0.6) is 5.75 Å². The average Bonchev–Trinajstić information content (AvgIpc) is 2.62. The van der Waals surface area contributed by atoms with E-state index >= 15 is 0 Å². The second kappa shape index (κ2) is 9.78. The third kappa shape index (κ3) is 7.83. The summed E-state index contributed by atoms with van der Waals surface area (Å²) in [7, 11) is 0. The van der Waals surface area contributed by atoms with Gasteiger partial charge in [-0.3, -0.25) is 25.8 Å². The number of hydrogen-bond donors (Lipinski definition) is 3. The molecule has 0 fully saturated rings. The van der Waals surface area contributed by atoms with Gasteiger partial charge in [-0.25, -0.2) is 4.79 Å².